The van der Waals surface area contributed by atoms with Gasteiger partial charge in [-0.2, -0.15) is 4.31 Å². The molecule has 1 aliphatic heterocycles. The zero-order valence-corrected chi connectivity index (χ0v) is 24.0. The first-order chi connectivity index (χ1) is 18.6. The highest BCUT2D eigenvalue weighted by Gasteiger charge is 2.27. The molecule has 39 heavy (non-hydrogen) atoms. The normalized spacial score (nSPS) is 14.7. The molecule has 1 aliphatic rings. The van der Waals surface area contributed by atoms with Crippen LogP contribution in [0, 0.1) is 0 Å². The monoisotopic (exact) mass is 607 g/mol. The molecule has 4 aromatic rings. The highest BCUT2D eigenvalue weighted by Crippen LogP contribution is 2.24. The maximum atomic E-state index is 12.9. The smallest absolute Gasteiger partial charge is 0.308 e. The van der Waals surface area contributed by atoms with Crippen molar-refractivity contribution in [3.05, 3.63) is 87.0 Å². The number of ether oxygens (including phenoxy) is 1. The predicted molar refractivity (Wildman–Crippen MR) is 152 cm³/mol. The Morgan fingerprint density at radius 1 is 0.897 bits per heavy atom. The number of nitrogens with one attached hydrogen (secondary N) is 1. The van der Waals surface area contributed by atoms with Crippen LogP contribution in [0.15, 0.2) is 81.3 Å². The lowest BCUT2D eigenvalue weighted by atomic mass is 10.2. The van der Waals surface area contributed by atoms with Crippen LogP contribution in [-0.2, 0) is 26.6 Å². The van der Waals surface area contributed by atoms with Crippen molar-refractivity contribution in [3.8, 4) is 5.75 Å². The van der Waals surface area contributed by atoms with Gasteiger partial charge in [0.25, 0.3) is 0 Å². The fourth-order valence-corrected chi connectivity index (χ4v) is 8.04. The lowest BCUT2D eigenvalue weighted by molar-refractivity contribution is 0.322. The summed E-state index contributed by atoms with van der Waals surface area (Å²) in [5.41, 5.74) is 1.56. The lowest BCUT2D eigenvalue weighted by Crippen LogP contribution is -2.28. The number of rotatable bonds is 10. The topological polar surface area (TPSA) is 115 Å². The third-order valence-electron chi connectivity index (χ3n) is 6.39. The molecule has 0 amide bonds. The van der Waals surface area contributed by atoms with Crippen LogP contribution in [-0.4, -0.2) is 51.9 Å². The number of aromatic nitrogens is 1. The van der Waals surface area contributed by atoms with Crippen LogP contribution in [0.5, 0.6) is 5.75 Å². The Hall–Kier alpha value is -2.74. The van der Waals surface area contributed by atoms with Crippen LogP contribution in [0.1, 0.15) is 18.4 Å². The van der Waals surface area contributed by atoms with Gasteiger partial charge < -0.3 is 4.74 Å². The number of thiazole rings is 1. The maximum Gasteiger partial charge on any atom is 0.308 e. The molecule has 13 heteroatoms. The van der Waals surface area contributed by atoms with Gasteiger partial charge in [0.15, 0.2) is 0 Å². The zero-order chi connectivity index (χ0) is 27.6. The van der Waals surface area contributed by atoms with Crippen molar-refractivity contribution >= 4 is 53.2 Å². The van der Waals surface area contributed by atoms with Crippen LogP contribution in [0.25, 0.3) is 10.2 Å². The van der Waals surface area contributed by atoms with Gasteiger partial charge in [-0.25, -0.2) is 21.6 Å². The van der Waals surface area contributed by atoms with Gasteiger partial charge in [-0.15, -0.1) is 0 Å². The van der Waals surface area contributed by atoms with Gasteiger partial charge >= 0.3 is 4.87 Å². The van der Waals surface area contributed by atoms with Crippen molar-refractivity contribution in [3.63, 3.8) is 0 Å². The quantitative estimate of drug-likeness (QED) is 0.273. The van der Waals surface area contributed by atoms with E-state index in [1.54, 1.807) is 34.9 Å². The highest BCUT2D eigenvalue weighted by atomic mass is 35.5. The van der Waals surface area contributed by atoms with Crippen molar-refractivity contribution in [2.45, 2.75) is 29.2 Å². The third kappa shape index (κ3) is 6.21. The summed E-state index contributed by atoms with van der Waals surface area (Å²) >= 11 is 6.93. The number of sulfonamides is 2. The minimum absolute atomic E-state index is 0.00200. The largest absolute Gasteiger partial charge is 0.492 e. The average Bonchev–Trinajstić information content (AvgIpc) is 3.57. The Labute approximate surface area is 235 Å². The summed E-state index contributed by atoms with van der Waals surface area (Å²) in [6.07, 6.45) is 1.73. The number of benzene rings is 3. The van der Waals surface area contributed by atoms with Crippen LogP contribution >= 0.6 is 22.9 Å². The van der Waals surface area contributed by atoms with Gasteiger partial charge in [0.05, 0.1) is 26.6 Å². The number of fused-ring (bicyclic) bond motifs is 1. The Bertz CT molecular complexity index is 1740. The van der Waals surface area contributed by atoms with E-state index >= 15 is 0 Å². The van der Waals surface area contributed by atoms with E-state index in [1.165, 1.54) is 28.6 Å². The van der Waals surface area contributed by atoms with E-state index in [2.05, 4.69) is 4.72 Å². The van der Waals surface area contributed by atoms with Gasteiger partial charge in [0.1, 0.15) is 12.4 Å². The lowest BCUT2D eigenvalue weighted by Gasteiger charge is -2.15. The van der Waals surface area contributed by atoms with Crippen molar-refractivity contribution in [1.82, 2.24) is 13.6 Å². The number of hydrogen-bond donors (Lipinski definition) is 1. The molecule has 0 bridgehead atoms. The Morgan fingerprint density at radius 3 is 2.26 bits per heavy atom. The van der Waals surface area contributed by atoms with E-state index in [0.29, 0.717) is 40.6 Å². The molecule has 1 aromatic heterocycles. The van der Waals surface area contributed by atoms with Crippen molar-refractivity contribution in [2.75, 3.05) is 26.2 Å². The molecule has 0 spiro atoms. The van der Waals surface area contributed by atoms with E-state index < -0.39 is 20.0 Å². The number of nitrogens with zero attached hydrogens (tertiary/aromatic N) is 2. The van der Waals surface area contributed by atoms with Gasteiger partial charge in [0.2, 0.25) is 20.0 Å². The minimum Gasteiger partial charge on any atom is -0.492 e. The van der Waals surface area contributed by atoms with Gasteiger partial charge in [-0.05, 0) is 73.0 Å². The first-order valence-electron chi connectivity index (χ1n) is 12.2. The molecule has 5 rings (SSSR count). The standard InChI is InChI=1S/C26H26ClN3O6S3/c27-20-5-3-19(4-6-20)18-30-24-12-11-23(17-25(24)37-26(30)31)38(32,33)28-13-16-36-21-7-9-22(10-8-21)39(34,35)29-14-1-2-15-29/h3-12,17,28H,1-2,13-16,18H2. The molecular weight excluding hydrogens is 582 g/mol. The van der Waals surface area contributed by atoms with E-state index in [1.807, 2.05) is 12.1 Å². The molecule has 0 aliphatic carbocycles. The molecular formula is C26H26ClN3O6S3. The van der Waals surface area contributed by atoms with Gasteiger partial charge in [-0.1, -0.05) is 35.1 Å². The highest BCUT2D eigenvalue weighted by molar-refractivity contribution is 7.89. The molecule has 1 fully saturated rings. The minimum atomic E-state index is -3.84. The van der Waals surface area contributed by atoms with Gasteiger partial charge in [0, 0.05) is 24.7 Å². The summed E-state index contributed by atoms with van der Waals surface area (Å²) in [4.78, 5) is 12.7. The third-order valence-corrected chi connectivity index (χ3v) is 11.0. The average molecular weight is 608 g/mol. The molecule has 0 unspecified atom stereocenters. The van der Waals surface area contributed by atoms with E-state index in [-0.39, 0.29) is 27.8 Å². The number of halogens is 1. The van der Waals surface area contributed by atoms with Crippen molar-refractivity contribution in [1.29, 1.82) is 0 Å². The summed E-state index contributed by atoms with van der Waals surface area (Å²) < 4.78 is 62.7. The second-order valence-corrected chi connectivity index (χ2v) is 14.2. The molecule has 3 aromatic carbocycles. The Balaban J connectivity index is 1.19. The summed E-state index contributed by atoms with van der Waals surface area (Å²) in [7, 11) is -7.35. The van der Waals surface area contributed by atoms with Gasteiger partial charge in [-0.3, -0.25) is 9.36 Å². The molecule has 0 radical (unpaired) electrons. The predicted octanol–water partition coefficient (Wildman–Crippen LogP) is 3.91. The molecule has 0 atom stereocenters. The first kappa shape index (κ1) is 27.8. The summed E-state index contributed by atoms with van der Waals surface area (Å²) in [6, 6.07) is 17.9. The van der Waals surface area contributed by atoms with Crippen molar-refractivity contribution < 1.29 is 21.6 Å². The second-order valence-electron chi connectivity index (χ2n) is 9.04. The molecule has 2 heterocycles. The molecule has 1 saturated heterocycles. The summed E-state index contributed by atoms with van der Waals surface area (Å²) in [6.45, 7) is 1.46. The molecule has 9 nitrogen and oxygen atoms in total. The second kappa shape index (κ2) is 11.4. The zero-order valence-electron chi connectivity index (χ0n) is 20.7. The SMILES string of the molecule is O=c1sc2cc(S(=O)(=O)NCCOc3ccc(S(=O)(=O)N4CCCC4)cc3)ccc2n1Cc1ccc(Cl)cc1. The van der Waals surface area contributed by atoms with Crippen LogP contribution < -0.4 is 14.3 Å². The van der Waals surface area contributed by atoms with E-state index in [9.17, 15) is 21.6 Å². The fourth-order valence-electron chi connectivity index (χ4n) is 4.35. The fraction of sp³-hybridized carbons (Fsp3) is 0.269. The van der Waals surface area contributed by atoms with E-state index in [0.717, 1.165) is 29.7 Å². The molecule has 206 valence electrons. The molecule has 1 N–H and O–H groups in total. The Kier molecular flexibility index (Phi) is 8.13. The van der Waals surface area contributed by atoms with E-state index in [4.69, 9.17) is 16.3 Å². The maximum absolute atomic E-state index is 12.9. The van der Waals surface area contributed by atoms with Crippen LogP contribution in [0.4, 0.5) is 0 Å². The first-order valence-corrected chi connectivity index (χ1v) is 16.4. The molecule has 0 saturated carbocycles. The van der Waals surface area contributed by atoms with Crippen LogP contribution in [0.3, 0.4) is 0 Å². The number of hydrogen-bond acceptors (Lipinski definition) is 7. The van der Waals surface area contributed by atoms with Crippen molar-refractivity contribution in [2.24, 2.45) is 0 Å². The summed E-state index contributed by atoms with van der Waals surface area (Å²) in [5.74, 6) is 0.433. The van der Waals surface area contributed by atoms with Crippen LogP contribution in [0.2, 0.25) is 5.02 Å². The Morgan fingerprint density at radius 2 is 1.56 bits per heavy atom. The summed E-state index contributed by atoms with van der Waals surface area (Å²) in [5, 5.41) is 0.607.